The fourth-order valence-electron chi connectivity index (χ4n) is 8.41. The van der Waals surface area contributed by atoms with Gasteiger partial charge < -0.3 is 18.9 Å². The standard InChI is InChI=1S/C48H46F2N6O10S2/c1-6-65-44-25-32(11-16-42(44)63-2)40(28-67(4,59)60)55-36-14-10-31(24-38(36)53(21-19-51)47(55)57)35-9-7-8-30(46(35)50)18-23-66-45-26-33(12-17-43(45)64-3)41(29-68(5,61)62)56-37-15-13-34(49)27-39(37)54(22-20-52)48(56)58/h7-17,24-27,40-41H,6,18,21-23,28-29H2,1-5H3. The first kappa shape index (κ1) is 48.5. The smallest absolute Gasteiger partial charge is 0.330 e. The average molecular weight is 969 g/mol. The zero-order valence-corrected chi connectivity index (χ0v) is 39.2. The molecule has 0 radical (unpaired) electrons. The zero-order chi connectivity index (χ0) is 49.1. The van der Waals surface area contributed by atoms with E-state index in [9.17, 15) is 41.3 Å². The van der Waals surface area contributed by atoms with Crippen LogP contribution >= 0.6 is 0 Å². The Morgan fingerprint density at radius 2 is 1.15 bits per heavy atom. The number of nitrogens with zero attached hydrogens (tertiary/aromatic N) is 6. The van der Waals surface area contributed by atoms with Crippen molar-refractivity contribution in [2.24, 2.45) is 0 Å². The molecule has 2 aromatic heterocycles. The summed E-state index contributed by atoms with van der Waals surface area (Å²) in [5.41, 5.74) is 1.07. The maximum Gasteiger partial charge on any atom is 0.330 e. The van der Waals surface area contributed by atoms with E-state index in [-0.39, 0.29) is 58.7 Å². The van der Waals surface area contributed by atoms with Gasteiger partial charge in [-0.2, -0.15) is 10.5 Å². The molecule has 16 nitrogen and oxygen atoms in total. The molecular formula is C48H46F2N6O10S2. The van der Waals surface area contributed by atoms with Gasteiger partial charge >= 0.3 is 11.4 Å². The lowest BCUT2D eigenvalue weighted by Gasteiger charge is -2.21. The summed E-state index contributed by atoms with van der Waals surface area (Å²) in [4.78, 5) is 28.0. The second-order valence-corrected chi connectivity index (χ2v) is 20.3. The summed E-state index contributed by atoms with van der Waals surface area (Å²) >= 11 is 0. The Labute approximate surface area is 390 Å². The Hall–Kier alpha value is -7.42. The predicted octanol–water partition coefficient (Wildman–Crippen LogP) is 6.22. The number of methoxy groups -OCH3 is 2. The number of halogens is 2. The number of imidazole rings is 2. The highest BCUT2D eigenvalue weighted by molar-refractivity contribution is 7.90. The van der Waals surface area contributed by atoms with Crippen molar-refractivity contribution in [1.29, 1.82) is 10.5 Å². The Balaban J connectivity index is 1.22. The molecule has 0 saturated heterocycles. The zero-order valence-electron chi connectivity index (χ0n) is 37.6. The van der Waals surface area contributed by atoms with Gasteiger partial charge in [0.1, 0.15) is 44.4 Å². The third-order valence-electron chi connectivity index (χ3n) is 11.4. The molecule has 354 valence electrons. The first-order chi connectivity index (χ1) is 32.4. The monoisotopic (exact) mass is 968 g/mol. The van der Waals surface area contributed by atoms with Crippen molar-refractivity contribution >= 4 is 41.7 Å². The van der Waals surface area contributed by atoms with E-state index in [1.54, 1.807) is 67.6 Å². The van der Waals surface area contributed by atoms with Gasteiger partial charge in [0.15, 0.2) is 23.0 Å². The summed E-state index contributed by atoms with van der Waals surface area (Å²) < 4.78 is 110. The van der Waals surface area contributed by atoms with Crippen LogP contribution in [0.5, 0.6) is 23.0 Å². The first-order valence-electron chi connectivity index (χ1n) is 21.0. The summed E-state index contributed by atoms with van der Waals surface area (Å²) in [6.07, 6.45) is 2.11. The van der Waals surface area contributed by atoms with Crippen LogP contribution < -0.4 is 30.3 Å². The highest BCUT2D eigenvalue weighted by Gasteiger charge is 2.29. The van der Waals surface area contributed by atoms with Crippen LogP contribution in [-0.4, -0.2) is 86.6 Å². The van der Waals surface area contributed by atoms with Crippen LogP contribution in [0.2, 0.25) is 0 Å². The molecule has 0 amide bonds. The highest BCUT2D eigenvalue weighted by atomic mass is 32.2. The number of benzene rings is 5. The average Bonchev–Trinajstić information content (AvgIpc) is 3.72. The van der Waals surface area contributed by atoms with Crippen LogP contribution in [0.4, 0.5) is 8.78 Å². The fourth-order valence-corrected chi connectivity index (χ4v) is 10.2. The Morgan fingerprint density at radius 3 is 1.65 bits per heavy atom. The van der Waals surface area contributed by atoms with E-state index in [0.29, 0.717) is 40.3 Å². The molecule has 0 N–H and O–H groups in total. The lowest BCUT2D eigenvalue weighted by Crippen LogP contribution is -2.31. The van der Waals surface area contributed by atoms with Crippen molar-refractivity contribution in [3.63, 3.8) is 0 Å². The molecule has 0 spiro atoms. The van der Waals surface area contributed by atoms with Gasteiger partial charge in [-0.15, -0.1) is 0 Å². The van der Waals surface area contributed by atoms with Crippen LogP contribution in [0.15, 0.2) is 101 Å². The molecular weight excluding hydrogens is 923 g/mol. The van der Waals surface area contributed by atoms with Gasteiger partial charge in [-0.25, -0.2) is 35.2 Å². The molecule has 68 heavy (non-hydrogen) atoms. The van der Waals surface area contributed by atoms with Crippen molar-refractivity contribution in [2.45, 2.75) is 38.5 Å². The Morgan fingerprint density at radius 1 is 0.632 bits per heavy atom. The molecule has 0 aliphatic rings. The van der Waals surface area contributed by atoms with Crippen LogP contribution in [0.25, 0.3) is 33.2 Å². The molecule has 0 fully saturated rings. The topological polar surface area (TPSA) is 207 Å². The second kappa shape index (κ2) is 19.8. The predicted molar refractivity (Wildman–Crippen MR) is 251 cm³/mol. The summed E-state index contributed by atoms with van der Waals surface area (Å²) in [5, 5.41) is 19.3. The molecule has 2 atom stereocenters. The molecule has 5 aromatic carbocycles. The maximum absolute atomic E-state index is 16.6. The number of aromatic nitrogens is 4. The van der Waals surface area contributed by atoms with Crippen LogP contribution in [0.3, 0.4) is 0 Å². The summed E-state index contributed by atoms with van der Waals surface area (Å²) in [6.45, 7) is 1.18. The molecule has 0 aliphatic heterocycles. The number of fused-ring (bicyclic) bond motifs is 2. The van der Waals surface area contributed by atoms with Crippen molar-refractivity contribution in [3.05, 3.63) is 140 Å². The summed E-state index contributed by atoms with van der Waals surface area (Å²) in [7, 11) is -4.59. The van der Waals surface area contributed by atoms with Crippen molar-refractivity contribution in [1.82, 2.24) is 18.3 Å². The van der Waals surface area contributed by atoms with Gasteiger partial charge in [0.05, 0.1) is 85.2 Å². The molecule has 0 aliphatic carbocycles. The van der Waals surface area contributed by atoms with E-state index in [4.69, 9.17) is 18.9 Å². The van der Waals surface area contributed by atoms with Gasteiger partial charge in [0, 0.05) is 24.5 Å². The molecule has 0 bridgehead atoms. The minimum atomic E-state index is -3.76. The van der Waals surface area contributed by atoms with Crippen molar-refractivity contribution in [3.8, 4) is 46.3 Å². The summed E-state index contributed by atoms with van der Waals surface area (Å²) in [6, 6.07) is 24.3. The van der Waals surface area contributed by atoms with Crippen molar-refractivity contribution < 1.29 is 44.6 Å². The highest BCUT2D eigenvalue weighted by Crippen LogP contribution is 2.36. The van der Waals surface area contributed by atoms with Gasteiger partial charge in [0.25, 0.3) is 0 Å². The van der Waals surface area contributed by atoms with E-state index in [1.165, 1.54) is 46.1 Å². The lowest BCUT2D eigenvalue weighted by molar-refractivity contribution is 0.295. The SMILES string of the molecule is CCOc1cc(C(CS(C)(=O)=O)n2c(=O)n(CC#N)c3cc(-c4cccc(CCOc5cc(C(CS(C)(=O)=O)n6c(=O)n(CC#N)c7cc(F)ccc76)ccc5OC)c4F)ccc32)ccc1OC. The quantitative estimate of drug-likeness (QED) is 0.0886. The van der Waals surface area contributed by atoms with Gasteiger partial charge in [-0.3, -0.25) is 18.3 Å². The number of nitriles is 2. The van der Waals surface area contributed by atoms with E-state index in [1.807, 2.05) is 12.1 Å². The van der Waals surface area contributed by atoms with Gasteiger partial charge in [0.2, 0.25) is 0 Å². The van der Waals surface area contributed by atoms with Gasteiger partial charge in [-0.05, 0) is 83.8 Å². The van der Waals surface area contributed by atoms with E-state index < -0.39 is 72.8 Å². The Kier molecular flexibility index (Phi) is 14.1. The minimum Gasteiger partial charge on any atom is -0.493 e. The third kappa shape index (κ3) is 9.97. The fraction of sp³-hybridized carbons (Fsp3) is 0.292. The largest absolute Gasteiger partial charge is 0.493 e. The maximum atomic E-state index is 16.6. The number of sulfone groups is 2. The third-order valence-corrected chi connectivity index (χ3v) is 13.2. The minimum absolute atomic E-state index is 0.0308. The second-order valence-electron chi connectivity index (χ2n) is 16.0. The molecule has 2 heterocycles. The van der Waals surface area contributed by atoms with Crippen molar-refractivity contribution in [2.75, 3.05) is 51.5 Å². The van der Waals surface area contributed by atoms with Gasteiger partial charge in [-0.1, -0.05) is 36.4 Å². The molecule has 2 unspecified atom stereocenters. The Bertz CT molecular complexity index is 3510. The summed E-state index contributed by atoms with van der Waals surface area (Å²) in [5.74, 6) is -1.09. The molecule has 20 heteroatoms. The number of hydrogen-bond donors (Lipinski definition) is 0. The van der Waals surface area contributed by atoms with Crippen LogP contribution in [0, 0.1) is 34.3 Å². The molecule has 0 saturated carbocycles. The normalized spacial score (nSPS) is 12.7. The van der Waals surface area contributed by atoms with Crippen LogP contribution in [0.1, 0.15) is 35.7 Å². The number of rotatable bonds is 19. The van der Waals surface area contributed by atoms with E-state index in [2.05, 4.69) is 0 Å². The van der Waals surface area contributed by atoms with E-state index in [0.717, 1.165) is 29.2 Å². The van der Waals surface area contributed by atoms with Crippen LogP contribution in [-0.2, 0) is 39.2 Å². The molecule has 7 aromatic rings. The lowest BCUT2D eigenvalue weighted by atomic mass is 10.00. The number of hydrogen-bond acceptors (Lipinski definition) is 12. The first-order valence-corrected chi connectivity index (χ1v) is 25.2. The molecule has 7 rings (SSSR count). The number of ether oxygens (including phenoxy) is 4. The van der Waals surface area contributed by atoms with E-state index >= 15 is 4.39 Å².